The number of hydrogen-bond acceptors (Lipinski definition) is 5. The van der Waals surface area contributed by atoms with Crippen molar-refractivity contribution < 1.29 is 18.7 Å². The first-order chi connectivity index (χ1) is 15.5. The molecule has 1 aromatic heterocycles. The fraction of sp³-hybridized carbons (Fsp3) is 0.200. The molecule has 1 aliphatic rings. The molecular weight excluding hydrogens is 409 g/mol. The molecule has 0 bridgehead atoms. The van der Waals surface area contributed by atoms with E-state index in [-0.39, 0.29) is 17.9 Å². The fourth-order valence-corrected chi connectivity index (χ4v) is 4.11. The SMILES string of the molecule is CC(=O)O[C@@H]1COc2cc(NCc3cccc(-n4c(C)nc5ccccc54)c3F)ccc21. The summed E-state index contributed by atoms with van der Waals surface area (Å²) >= 11 is 0. The number of imidazole rings is 1. The second-order valence-electron chi connectivity index (χ2n) is 7.75. The lowest BCUT2D eigenvalue weighted by Gasteiger charge is -2.13. The summed E-state index contributed by atoms with van der Waals surface area (Å²) in [5.74, 6) is 0.757. The number of para-hydroxylation sites is 2. The van der Waals surface area contributed by atoms with E-state index in [4.69, 9.17) is 9.47 Å². The van der Waals surface area contributed by atoms with E-state index in [1.165, 1.54) is 6.92 Å². The van der Waals surface area contributed by atoms with Crippen LogP contribution in [0.4, 0.5) is 10.1 Å². The molecule has 2 heterocycles. The van der Waals surface area contributed by atoms with Crippen LogP contribution in [0.5, 0.6) is 5.75 Å². The number of carbonyl (C=O) groups is 1. The smallest absolute Gasteiger partial charge is 0.303 e. The van der Waals surface area contributed by atoms with Crippen molar-refractivity contribution in [2.75, 3.05) is 11.9 Å². The molecular formula is C25H22FN3O3. The molecule has 0 spiro atoms. The van der Waals surface area contributed by atoms with Crippen LogP contribution in [-0.2, 0) is 16.1 Å². The molecule has 3 aromatic carbocycles. The van der Waals surface area contributed by atoms with Gasteiger partial charge >= 0.3 is 5.97 Å². The third-order valence-corrected chi connectivity index (χ3v) is 5.57. The zero-order valence-electron chi connectivity index (χ0n) is 17.8. The van der Waals surface area contributed by atoms with Crippen molar-refractivity contribution in [3.8, 4) is 11.4 Å². The maximum atomic E-state index is 15.5. The minimum absolute atomic E-state index is 0.293. The van der Waals surface area contributed by atoms with Crippen LogP contribution in [-0.4, -0.2) is 22.1 Å². The van der Waals surface area contributed by atoms with Crippen LogP contribution in [0.15, 0.2) is 60.7 Å². The van der Waals surface area contributed by atoms with E-state index in [9.17, 15) is 4.79 Å². The van der Waals surface area contributed by atoms with Gasteiger partial charge in [-0.05, 0) is 37.3 Å². The summed E-state index contributed by atoms with van der Waals surface area (Å²) in [4.78, 5) is 15.8. The van der Waals surface area contributed by atoms with E-state index in [2.05, 4.69) is 10.3 Å². The number of benzene rings is 3. The van der Waals surface area contributed by atoms with Gasteiger partial charge in [0.05, 0.1) is 16.7 Å². The lowest BCUT2D eigenvalue weighted by atomic mass is 10.1. The van der Waals surface area contributed by atoms with E-state index in [0.29, 0.717) is 30.2 Å². The minimum atomic E-state index is -0.390. The molecule has 0 amide bonds. The van der Waals surface area contributed by atoms with Crippen molar-refractivity contribution in [2.45, 2.75) is 26.5 Å². The van der Waals surface area contributed by atoms with Crippen molar-refractivity contribution in [3.63, 3.8) is 0 Å². The van der Waals surface area contributed by atoms with Crippen LogP contribution < -0.4 is 10.1 Å². The summed E-state index contributed by atoms with van der Waals surface area (Å²) < 4.78 is 28.2. The molecule has 1 atom stereocenters. The number of carbonyl (C=O) groups excluding carboxylic acids is 1. The quantitative estimate of drug-likeness (QED) is 0.447. The zero-order chi connectivity index (χ0) is 22.2. The number of fused-ring (bicyclic) bond motifs is 2. The normalized spacial score (nSPS) is 14.8. The number of rotatable bonds is 5. The lowest BCUT2D eigenvalue weighted by molar-refractivity contribution is -0.147. The zero-order valence-corrected chi connectivity index (χ0v) is 17.8. The van der Waals surface area contributed by atoms with Crippen molar-refractivity contribution >= 4 is 22.7 Å². The first-order valence-electron chi connectivity index (χ1n) is 10.4. The molecule has 7 heteroatoms. The number of ether oxygens (including phenoxy) is 2. The molecule has 1 aliphatic heterocycles. The maximum absolute atomic E-state index is 15.5. The molecule has 0 fully saturated rings. The lowest BCUT2D eigenvalue weighted by Crippen LogP contribution is -2.09. The Bertz CT molecular complexity index is 1330. The van der Waals surface area contributed by atoms with Gasteiger partial charge in [0.15, 0.2) is 11.9 Å². The molecule has 0 radical (unpaired) electrons. The summed E-state index contributed by atoms with van der Waals surface area (Å²) in [5, 5.41) is 3.26. The number of anilines is 1. The second kappa shape index (κ2) is 8.00. The number of nitrogens with zero attached hydrogens (tertiary/aromatic N) is 2. The summed E-state index contributed by atoms with van der Waals surface area (Å²) in [6, 6.07) is 18.7. The van der Waals surface area contributed by atoms with Gasteiger partial charge in [0.25, 0.3) is 0 Å². The van der Waals surface area contributed by atoms with Gasteiger partial charge in [0, 0.05) is 36.3 Å². The Labute approximate surface area is 184 Å². The summed E-state index contributed by atoms with van der Waals surface area (Å²) in [6.07, 6.45) is -0.390. The Hall–Kier alpha value is -3.87. The van der Waals surface area contributed by atoms with Crippen LogP contribution in [0.1, 0.15) is 30.0 Å². The molecule has 4 aromatic rings. The summed E-state index contributed by atoms with van der Waals surface area (Å²) in [5.41, 5.74) is 4.34. The molecule has 0 saturated heterocycles. The van der Waals surface area contributed by atoms with Gasteiger partial charge in [-0.25, -0.2) is 9.37 Å². The first kappa shape index (κ1) is 20.1. The first-order valence-corrected chi connectivity index (χ1v) is 10.4. The fourth-order valence-electron chi connectivity index (χ4n) is 4.11. The van der Waals surface area contributed by atoms with Gasteiger partial charge in [-0.15, -0.1) is 0 Å². The summed E-state index contributed by atoms with van der Waals surface area (Å²) in [7, 11) is 0. The molecule has 0 aliphatic carbocycles. The molecule has 0 saturated carbocycles. The maximum Gasteiger partial charge on any atom is 0.303 e. The van der Waals surface area contributed by atoms with Gasteiger partial charge in [-0.2, -0.15) is 0 Å². The van der Waals surface area contributed by atoms with Gasteiger partial charge in [-0.3, -0.25) is 9.36 Å². The molecule has 162 valence electrons. The monoisotopic (exact) mass is 431 g/mol. The van der Waals surface area contributed by atoms with Gasteiger partial charge in [-0.1, -0.05) is 24.3 Å². The van der Waals surface area contributed by atoms with E-state index in [1.54, 1.807) is 12.1 Å². The van der Waals surface area contributed by atoms with Crippen molar-refractivity contribution in [1.29, 1.82) is 0 Å². The highest BCUT2D eigenvalue weighted by Crippen LogP contribution is 2.36. The Kier molecular flexibility index (Phi) is 5.01. The van der Waals surface area contributed by atoms with Crippen LogP contribution in [0.25, 0.3) is 16.7 Å². The molecule has 6 nitrogen and oxygen atoms in total. The largest absolute Gasteiger partial charge is 0.489 e. The predicted molar refractivity (Wildman–Crippen MR) is 120 cm³/mol. The highest BCUT2D eigenvalue weighted by atomic mass is 19.1. The van der Waals surface area contributed by atoms with Gasteiger partial charge in [0.1, 0.15) is 18.2 Å². The van der Waals surface area contributed by atoms with Gasteiger partial charge in [0.2, 0.25) is 0 Å². The van der Waals surface area contributed by atoms with E-state index in [1.807, 2.05) is 60.0 Å². The van der Waals surface area contributed by atoms with Crippen LogP contribution in [0, 0.1) is 12.7 Å². The van der Waals surface area contributed by atoms with Crippen molar-refractivity contribution in [2.24, 2.45) is 0 Å². The molecule has 32 heavy (non-hydrogen) atoms. The third-order valence-electron chi connectivity index (χ3n) is 5.57. The number of halogens is 1. The Morgan fingerprint density at radius 3 is 2.91 bits per heavy atom. The van der Waals surface area contributed by atoms with E-state index >= 15 is 4.39 Å². The topological polar surface area (TPSA) is 65.4 Å². The van der Waals surface area contributed by atoms with Crippen LogP contribution >= 0.6 is 0 Å². The van der Waals surface area contributed by atoms with Crippen molar-refractivity contribution in [1.82, 2.24) is 9.55 Å². The number of aromatic nitrogens is 2. The van der Waals surface area contributed by atoms with Crippen LogP contribution in [0.3, 0.4) is 0 Å². The van der Waals surface area contributed by atoms with Crippen LogP contribution in [0.2, 0.25) is 0 Å². The standard InChI is InChI=1S/C25H22FN3O3/c1-15-28-20-7-3-4-8-21(20)29(15)22-9-5-6-17(25(22)26)13-27-18-10-11-19-23(12-18)31-14-24(19)32-16(2)30/h3-12,24,27H,13-14H2,1-2H3/t24-/m1/s1. The number of aryl methyl sites for hydroxylation is 1. The van der Waals surface area contributed by atoms with Gasteiger partial charge < -0.3 is 14.8 Å². The summed E-state index contributed by atoms with van der Waals surface area (Å²) in [6.45, 7) is 3.85. The van der Waals surface area contributed by atoms with Crippen molar-refractivity contribution in [3.05, 3.63) is 83.4 Å². The highest BCUT2D eigenvalue weighted by Gasteiger charge is 2.26. The predicted octanol–water partition coefficient (Wildman–Crippen LogP) is 5.08. The molecule has 5 rings (SSSR count). The molecule has 1 N–H and O–H groups in total. The Morgan fingerprint density at radius 2 is 2.06 bits per heavy atom. The average Bonchev–Trinajstić information content (AvgIpc) is 3.32. The number of hydrogen-bond donors (Lipinski definition) is 1. The average molecular weight is 431 g/mol. The minimum Gasteiger partial charge on any atom is -0.489 e. The highest BCUT2D eigenvalue weighted by molar-refractivity contribution is 5.78. The third kappa shape index (κ3) is 3.56. The Balaban J connectivity index is 1.39. The van der Waals surface area contributed by atoms with E-state index in [0.717, 1.165) is 28.1 Å². The number of esters is 1. The molecule has 0 unspecified atom stereocenters. The number of nitrogens with one attached hydrogen (secondary N) is 1. The Morgan fingerprint density at radius 1 is 1.22 bits per heavy atom. The van der Waals surface area contributed by atoms with E-state index < -0.39 is 0 Å². The second-order valence-corrected chi connectivity index (χ2v) is 7.75.